The van der Waals surface area contributed by atoms with E-state index >= 15 is 0 Å². The molecule has 3 N–H and O–H groups in total. The zero-order valence-corrected chi connectivity index (χ0v) is 8.04. The van der Waals surface area contributed by atoms with E-state index in [9.17, 15) is 5.11 Å². The van der Waals surface area contributed by atoms with Crippen LogP contribution in [-0.4, -0.2) is 5.11 Å². The molecule has 1 rings (SSSR count). The SMILES string of the molecule is C=C[C@@H](N)c1c(C)ccc(C)c1O. The Morgan fingerprint density at radius 2 is 1.92 bits per heavy atom. The minimum Gasteiger partial charge on any atom is -0.507 e. The molecular weight excluding hydrogens is 162 g/mol. The Hall–Kier alpha value is -1.28. The molecule has 0 unspecified atom stereocenters. The number of phenolic OH excluding ortho intramolecular Hbond substituents is 1. The van der Waals surface area contributed by atoms with Crippen LogP contribution in [0.15, 0.2) is 24.8 Å². The van der Waals surface area contributed by atoms with Crippen molar-refractivity contribution in [2.45, 2.75) is 19.9 Å². The van der Waals surface area contributed by atoms with Crippen molar-refractivity contribution in [1.82, 2.24) is 0 Å². The van der Waals surface area contributed by atoms with Crippen LogP contribution in [0.2, 0.25) is 0 Å². The van der Waals surface area contributed by atoms with Gasteiger partial charge in [0.1, 0.15) is 5.75 Å². The van der Waals surface area contributed by atoms with Crippen molar-refractivity contribution < 1.29 is 5.11 Å². The fourth-order valence-corrected chi connectivity index (χ4v) is 1.36. The fraction of sp³-hybridized carbons (Fsp3) is 0.273. The van der Waals surface area contributed by atoms with Crippen LogP contribution in [0.3, 0.4) is 0 Å². The topological polar surface area (TPSA) is 46.2 Å². The first-order valence-corrected chi connectivity index (χ1v) is 4.25. The maximum atomic E-state index is 9.75. The van der Waals surface area contributed by atoms with Crippen LogP contribution in [0.4, 0.5) is 0 Å². The van der Waals surface area contributed by atoms with Crippen molar-refractivity contribution in [1.29, 1.82) is 0 Å². The van der Waals surface area contributed by atoms with Gasteiger partial charge in [-0.3, -0.25) is 0 Å². The second-order valence-corrected chi connectivity index (χ2v) is 3.22. The Kier molecular flexibility index (Phi) is 2.73. The summed E-state index contributed by atoms with van der Waals surface area (Å²) in [5.74, 6) is 0.285. The molecule has 0 saturated heterocycles. The molecule has 1 aromatic carbocycles. The molecule has 0 aromatic heterocycles. The van der Waals surface area contributed by atoms with Crippen LogP contribution < -0.4 is 5.73 Å². The van der Waals surface area contributed by atoms with Crippen LogP contribution in [0.25, 0.3) is 0 Å². The van der Waals surface area contributed by atoms with E-state index in [4.69, 9.17) is 5.73 Å². The Morgan fingerprint density at radius 1 is 1.38 bits per heavy atom. The normalized spacial score (nSPS) is 12.5. The number of aromatic hydroxyl groups is 1. The zero-order chi connectivity index (χ0) is 10.0. The van der Waals surface area contributed by atoms with Gasteiger partial charge in [-0.15, -0.1) is 6.58 Å². The lowest BCUT2D eigenvalue weighted by atomic mass is 9.98. The van der Waals surface area contributed by atoms with E-state index in [2.05, 4.69) is 6.58 Å². The molecule has 0 bridgehead atoms. The number of hydrogen-bond acceptors (Lipinski definition) is 2. The van der Waals surface area contributed by atoms with Gasteiger partial charge in [0.05, 0.1) is 6.04 Å². The summed E-state index contributed by atoms with van der Waals surface area (Å²) in [6.07, 6.45) is 1.63. The van der Waals surface area contributed by atoms with E-state index in [1.54, 1.807) is 6.08 Å². The van der Waals surface area contributed by atoms with Crippen molar-refractivity contribution >= 4 is 0 Å². The molecule has 1 atom stereocenters. The molecule has 0 aliphatic carbocycles. The van der Waals surface area contributed by atoms with Gasteiger partial charge in [0.15, 0.2) is 0 Å². The van der Waals surface area contributed by atoms with E-state index in [1.165, 1.54) is 0 Å². The van der Waals surface area contributed by atoms with E-state index in [1.807, 2.05) is 26.0 Å². The summed E-state index contributed by atoms with van der Waals surface area (Å²) >= 11 is 0. The summed E-state index contributed by atoms with van der Waals surface area (Å²) in [5.41, 5.74) is 8.40. The minimum atomic E-state index is -0.292. The van der Waals surface area contributed by atoms with Gasteiger partial charge in [-0.25, -0.2) is 0 Å². The molecule has 2 heteroatoms. The summed E-state index contributed by atoms with van der Waals surface area (Å²) in [6.45, 7) is 7.40. The molecule has 70 valence electrons. The van der Waals surface area contributed by atoms with Gasteiger partial charge in [0, 0.05) is 5.56 Å². The van der Waals surface area contributed by atoms with E-state index in [0.717, 1.165) is 16.7 Å². The van der Waals surface area contributed by atoms with Crippen LogP contribution in [-0.2, 0) is 0 Å². The Balaban J connectivity index is 3.32. The predicted molar refractivity (Wildman–Crippen MR) is 54.7 cm³/mol. The maximum absolute atomic E-state index is 9.75. The van der Waals surface area contributed by atoms with E-state index in [0.29, 0.717) is 0 Å². The number of phenols is 1. The van der Waals surface area contributed by atoms with E-state index in [-0.39, 0.29) is 11.8 Å². The van der Waals surface area contributed by atoms with Crippen LogP contribution in [0, 0.1) is 13.8 Å². The van der Waals surface area contributed by atoms with Gasteiger partial charge in [-0.1, -0.05) is 18.2 Å². The molecule has 0 saturated carbocycles. The standard InChI is InChI=1S/C11H15NO/c1-4-9(12)10-7(2)5-6-8(3)11(10)13/h4-6,9,13H,1,12H2,2-3H3/t9-/m1/s1. The Morgan fingerprint density at radius 3 is 2.46 bits per heavy atom. The number of rotatable bonds is 2. The van der Waals surface area contributed by atoms with Crippen molar-refractivity contribution in [3.8, 4) is 5.75 Å². The van der Waals surface area contributed by atoms with E-state index < -0.39 is 0 Å². The number of hydrogen-bond donors (Lipinski definition) is 2. The second kappa shape index (κ2) is 3.62. The molecule has 0 aliphatic heterocycles. The Bertz CT molecular complexity index is 331. The first-order valence-electron chi connectivity index (χ1n) is 4.25. The third-order valence-corrected chi connectivity index (χ3v) is 2.22. The highest BCUT2D eigenvalue weighted by Gasteiger charge is 2.12. The summed E-state index contributed by atoms with van der Waals surface area (Å²) in [6, 6.07) is 3.54. The average molecular weight is 177 g/mol. The molecule has 13 heavy (non-hydrogen) atoms. The molecule has 0 radical (unpaired) electrons. The summed E-state index contributed by atoms with van der Waals surface area (Å²) in [7, 11) is 0. The quantitative estimate of drug-likeness (QED) is 0.680. The Labute approximate surface area is 78.7 Å². The molecule has 0 amide bonds. The lowest BCUT2D eigenvalue weighted by Gasteiger charge is -2.14. The van der Waals surface area contributed by atoms with Crippen molar-refractivity contribution in [2.75, 3.05) is 0 Å². The van der Waals surface area contributed by atoms with Gasteiger partial charge in [0.25, 0.3) is 0 Å². The largest absolute Gasteiger partial charge is 0.507 e. The average Bonchev–Trinajstić information content (AvgIpc) is 2.12. The van der Waals surface area contributed by atoms with Gasteiger partial charge in [0.2, 0.25) is 0 Å². The van der Waals surface area contributed by atoms with Crippen LogP contribution in [0.1, 0.15) is 22.7 Å². The smallest absolute Gasteiger partial charge is 0.123 e. The van der Waals surface area contributed by atoms with Crippen molar-refractivity contribution in [2.24, 2.45) is 5.73 Å². The third kappa shape index (κ3) is 1.73. The fourth-order valence-electron chi connectivity index (χ4n) is 1.36. The lowest BCUT2D eigenvalue weighted by molar-refractivity contribution is 0.461. The zero-order valence-electron chi connectivity index (χ0n) is 8.04. The molecule has 0 spiro atoms. The van der Waals surface area contributed by atoms with Gasteiger partial charge in [-0.05, 0) is 25.0 Å². The lowest BCUT2D eigenvalue weighted by Crippen LogP contribution is -2.09. The molecule has 1 aromatic rings. The number of nitrogens with two attached hydrogens (primary N) is 1. The highest BCUT2D eigenvalue weighted by atomic mass is 16.3. The molecule has 0 fully saturated rings. The van der Waals surface area contributed by atoms with Crippen LogP contribution in [0.5, 0.6) is 5.75 Å². The monoisotopic (exact) mass is 177 g/mol. The summed E-state index contributed by atoms with van der Waals surface area (Å²) < 4.78 is 0. The second-order valence-electron chi connectivity index (χ2n) is 3.22. The summed E-state index contributed by atoms with van der Waals surface area (Å²) in [5, 5.41) is 9.75. The molecule has 0 aliphatic rings. The molecular formula is C11H15NO. The molecule has 0 heterocycles. The third-order valence-electron chi connectivity index (χ3n) is 2.22. The highest BCUT2D eigenvalue weighted by Crippen LogP contribution is 2.29. The van der Waals surface area contributed by atoms with Crippen molar-refractivity contribution in [3.05, 3.63) is 41.5 Å². The van der Waals surface area contributed by atoms with Gasteiger partial charge < -0.3 is 10.8 Å². The minimum absolute atomic E-state index is 0.285. The maximum Gasteiger partial charge on any atom is 0.123 e. The number of aryl methyl sites for hydroxylation is 2. The van der Waals surface area contributed by atoms with Crippen molar-refractivity contribution in [3.63, 3.8) is 0 Å². The predicted octanol–water partition coefficient (Wildman–Crippen LogP) is 2.19. The van der Waals surface area contributed by atoms with Crippen LogP contribution >= 0.6 is 0 Å². The highest BCUT2D eigenvalue weighted by molar-refractivity contribution is 5.47. The van der Waals surface area contributed by atoms with Gasteiger partial charge in [-0.2, -0.15) is 0 Å². The molecule has 2 nitrogen and oxygen atoms in total. The first-order chi connectivity index (χ1) is 6.07. The first kappa shape index (κ1) is 9.81. The summed E-state index contributed by atoms with van der Waals surface area (Å²) in [4.78, 5) is 0. The number of benzene rings is 1. The van der Waals surface area contributed by atoms with Gasteiger partial charge >= 0.3 is 0 Å².